The first-order chi connectivity index (χ1) is 13.5. The highest BCUT2D eigenvalue weighted by molar-refractivity contribution is 6.11. The zero-order valence-corrected chi connectivity index (χ0v) is 15.4. The summed E-state index contributed by atoms with van der Waals surface area (Å²) in [4.78, 5) is 24.9. The molecule has 0 amide bonds. The van der Waals surface area contributed by atoms with E-state index < -0.39 is 12.1 Å². The van der Waals surface area contributed by atoms with Gasteiger partial charge in [-0.05, 0) is 22.9 Å². The zero-order chi connectivity index (χ0) is 19.8. The molecule has 1 aliphatic rings. The molecule has 6 nitrogen and oxygen atoms in total. The topological polar surface area (TPSA) is 82.1 Å². The highest BCUT2D eigenvalue weighted by Gasteiger charge is 2.33. The van der Waals surface area contributed by atoms with Crippen molar-refractivity contribution in [2.24, 2.45) is 0 Å². The van der Waals surface area contributed by atoms with Gasteiger partial charge in [-0.2, -0.15) is 0 Å². The van der Waals surface area contributed by atoms with Crippen molar-refractivity contribution in [3.8, 4) is 17.2 Å². The fourth-order valence-electron chi connectivity index (χ4n) is 3.71. The molecule has 0 saturated heterocycles. The number of carbonyl (C=O) groups is 2. The van der Waals surface area contributed by atoms with Crippen LogP contribution in [-0.4, -0.2) is 31.1 Å². The normalized spacial score (nSPS) is 15.6. The molecule has 0 radical (unpaired) electrons. The number of hydrogen-bond donors (Lipinski definition) is 1. The number of carbonyl (C=O) groups excluding carboxylic acids is 1. The number of Topliss-reactive ketones (excluding diaryl/α,β-unsaturated/α-hetero) is 1. The fourth-order valence-corrected chi connectivity index (χ4v) is 3.71. The Bertz CT molecular complexity index is 1100. The maximum Gasteiger partial charge on any atom is 0.340 e. The number of carboxylic acid groups (broad SMARTS) is 1. The molecule has 0 unspecified atom stereocenters. The Morgan fingerprint density at radius 2 is 1.86 bits per heavy atom. The van der Waals surface area contributed by atoms with E-state index in [0.29, 0.717) is 22.6 Å². The van der Waals surface area contributed by atoms with Crippen molar-refractivity contribution < 1.29 is 28.9 Å². The molecule has 0 aromatic heterocycles. The lowest BCUT2D eigenvalue weighted by atomic mass is 9.90. The molecular weight excluding hydrogens is 360 g/mol. The number of ether oxygens (including phenoxy) is 3. The molecule has 4 rings (SSSR count). The first-order valence-corrected chi connectivity index (χ1v) is 8.75. The van der Waals surface area contributed by atoms with Gasteiger partial charge in [0.05, 0.1) is 26.2 Å². The standard InChI is InChI=1S/C22H18O6/c1-26-17-10-8-14(20(22(24)25)21(17)27-2)18-11-15(23)19-13-6-4-3-5-12(13)7-9-16(19)28-18/h3-10,18H,11H2,1-2H3,(H,24,25)/t18-/m0/s1. The van der Waals surface area contributed by atoms with Gasteiger partial charge in [-0.1, -0.05) is 36.4 Å². The number of ketones is 1. The van der Waals surface area contributed by atoms with Gasteiger partial charge in [0.25, 0.3) is 0 Å². The zero-order valence-electron chi connectivity index (χ0n) is 15.4. The second-order valence-corrected chi connectivity index (χ2v) is 6.46. The maximum absolute atomic E-state index is 13.0. The number of fused-ring (bicyclic) bond motifs is 3. The van der Waals surface area contributed by atoms with Gasteiger partial charge >= 0.3 is 5.97 Å². The number of aromatic carboxylic acids is 1. The van der Waals surface area contributed by atoms with Crippen LogP contribution in [0.25, 0.3) is 10.8 Å². The van der Waals surface area contributed by atoms with Crippen LogP contribution in [0.15, 0.2) is 48.5 Å². The van der Waals surface area contributed by atoms with Crippen molar-refractivity contribution in [2.75, 3.05) is 14.2 Å². The van der Waals surface area contributed by atoms with E-state index in [4.69, 9.17) is 14.2 Å². The van der Waals surface area contributed by atoms with E-state index in [-0.39, 0.29) is 23.5 Å². The monoisotopic (exact) mass is 378 g/mol. The van der Waals surface area contributed by atoms with Crippen LogP contribution < -0.4 is 14.2 Å². The minimum Gasteiger partial charge on any atom is -0.493 e. The first kappa shape index (κ1) is 17.9. The van der Waals surface area contributed by atoms with Crippen LogP contribution in [0.1, 0.15) is 38.8 Å². The molecule has 1 atom stereocenters. The molecular formula is C22H18O6. The summed E-state index contributed by atoms with van der Waals surface area (Å²) in [7, 11) is 2.81. The molecule has 0 saturated carbocycles. The molecule has 3 aromatic rings. The molecule has 0 aliphatic carbocycles. The summed E-state index contributed by atoms with van der Waals surface area (Å²) in [6.45, 7) is 0. The molecule has 1 aliphatic heterocycles. The number of methoxy groups -OCH3 is 2. The molecule has 6 heteroatoms. The fraction of sp³-hybridized carbons (Fsp3) is 0.182. The Labute approximate surface area is 161 Å². The highest BCUT2D eigenvalue weighted by Crippen LogP contribution is 2.43. The second-order valence-electron chi connectivity index (χ2n) is 6.46. The van der Waals surface area contributed by atoms with Gasteiger partial charge in [0, 0.05) is 5.56 Å². The van der Waals surface area contributed by atoms with Gasteiger partial charge in [-0.25, -0.2) is 4.79 Å². The Kier molecular flexibility index (Phi) is 4.39. The Morgan fingerprint density at radius 3 is 2.57 bits per heavy atom. The smallest absolute Gasteiger partial charge is 0.340 e. The summed E-state index contributed by atoms with van der Waals surface area (Å²) < 4.78 is 16.5. The van der Waals surface area contributed by atoms with Crippen LogP contribution >= 0.6 is 0 Å². The molecule has 28 heavy (non-hydrogen) atoms. The number of rotatable bonds is 4. The van der Waals surface area contributed by atoms with Gasteiger partial charge in [-0.15, -0.1) is 0 Å². The third-order valence-electron chi connectivity index (χ3n) is 4.95. The lowest BCUT2D eigenvalue weighted by Gasteiger charge is -2.28. The van der Waals surface area contributed by atoms with Crippen LogP contribution in [-0.2, 0) is 0 Å². The number of benzene rings is 3. The SMILES string of the molecule is COc1ccc([C@@H]2CC(=O)c3c(ccc4ccccc34)O2)c(C(=O)O)c1OC. The Morgan fingerprint density at radius 1 is 1.07 bits per heavy atom. The molecule has 0 fully saturated rings. The molecule has 1 N–H and O–H groups in total. The third kappa shape index (κ3) is 2.74. The van der Waals surface area contributed by atoms with E-state index >= 15 is 0 Å². The third-order valence-corrected chi connectivity index (χ3v) is 4.95. The van der Waals surface area contributed by atoms with Crippen LogP contribution in [0.2, 0.25) is 0 Å². The van der Waals surface area contributed by atoms with Gasteiger partial charge in [0.2, 0.25) is 0 Å². The summed E-state index contributed by atoms with van der Waals surface area (Å²) in [6, 6.07) is 14.5. The van der Waals surface area contributed by atoms with E-state index in [0.717, 1.165) is 10.8 Å². The lowest BCUT2D eigenvalue weighted by Crippen LogP contribution is -2.23. The molecule has 142 valence electrons. The predicted molar refractivity (Wildman–Crippen MR) is 103 cm³/mol. The van der Waals surface area contributed by atoms with Crippen molar-refractivity contribution in [2.45, 2.75) is 12.5 Å². The van der Waals surface area contributed by atoms with Crippen LogP contribution in [0, 0.1) is 0 Å². The largest absolute Gasteiger partial charge is 0.493 e. The quantitative estimate of drug-likeness (QED) is 0.730. The van der Waals surface area contributed by atoms with Crippen LogP contribution in [0.3, 0.4) is 0 Å². The average molecular weight is 378 g/mol. The Hall–Kier alpha value is -3.54. The van der Waals surface area contributed by atoms with Gasteiger partial charge in [-0.3, -0.25) is 4.79 Å². The molecule has 0 spiro atoms. The van der Waals surface area contributed by atoms with E-state index in [1.165, 1.54) is 14.2 Å². The summed E-state index contributed by atoms with van der Waals surface area (Å²) in [5.41, 5.74) is 0.841. The highest BCUT2D eigenvalue weighted by atomic mass is 16.5. The number of hydrogen-bond acceptors (Lipinski definition) is 5. The minimum absolute atomic E-state index is 0.0385. The van der Waals surface area contributed by atoms with Crippen molar-refractivity contribution in [3.05, 3.63) is 65.2 Å². The van der Waals surface area contributed by atoms with Crippen molar-refractivity contribution in [1.29, 1.82) is 0 Å². The Balaban J connectivity index is 1.84. The van der Waals surface area contributed by atoms with E-state index in [1.54, 1.807) is 18.2 Å². The van der Waals surface area contributed by atoms with E-state index in [2.05, 4.69) is 0 Å². The molecule has 1 heterocycles. The van der Waals surface area contributed by atoms with Crippen molar-refractivity contribution in [1.82, 2.24) is 0 Å². The lowest BCUT2D eigenvalue weighted by molar-refractivity contribution is 0.0678. The minimum atomic E-state index is -1.17. The van der Waals surface area contributed by atoms with Crippen molar-refractivity contribution in [3.63, 3.8) is 0 Å². The molecule has 0 bridgehead atoms. The summed E-state index contributed by atoms with van der Waals surface area (Å²) in [5, 5.41) is 11.5. The predicted octanol–water partition coefficient (Wildman–Crippen LogP) is 4.26. The van der Waals surface area contributed by atoms with Crippen molar-refractivity contribution >= 4 is 22.5 Å². The maximum atomic E-state index is 13.0. The van der Waals surface area contributed by atoms with Crippen LogP contribution in [0.4, 0.5) is 0 Å². The average Bonchev–Trinajstić information content (AvgIpc) is 2.71. The van der Waals surface area contributed by atoms with E-state index in [1.807, 2.05) is 30.3 Å². The number of carboxylic acids is 1. The molecule has 3 aromatic carbocycles. The second kappa shape index (κ2) is 6.88. The summed E-state index contributed by atoms with van der Waals surface area (Å²) >= 11 is 0. The summed E-state index contributed by atoms with van der Waals surface area (Å²) in [5.74, 6) is -0.406. The summed E-state index contributed by atoms with van der Waals surface area (Å²) in [6.07, 6.45) is -0.691. The van der Waals surface area contributed by atoms with Crippen LogP contribution in [0.5, 0.6) is 17.2 Å². The first-order valence-electron chi connectivity index (χ1n) is 8.75. The van der Waals surface area contributed by atoms with Gasteiger partial charge in [0.1, 0.15) is 17.4 Å². The van der Waals surface area contributed by atoms with Gasteiger partial charge in [0.15, 0.2) is 17.3 Å². The van der Waals surface area contributed by atoms with Gasteiger partial charge < -0.3 is 19.3 Å². The van der Waals surface area contributed by atoms with E-state index in [9.17, 15) is 14.7 Å².